The summed E-state index contributed by atoms with van der Waals surface area (Å²) >= 11 is 0. The minimum Gasteiger partial charge on any atom is -0.444 e. The Labute approximate surface area is 91.2 Å². The van der Waals surface area contributed by atoms with E-state index in [1.165, 1.54) is 0 Å². The molecule has 0 aromatic carbocycles. The van der Waals surface area contributed by atoms with Gasteiger partial charge in [-0.2, -0.15) is 0 Å². The predicted molar refractivity (Wildman–Crippen MR) is 57.6 cm³/mol. The van der Waals surface area contributed by atoms with Crippen LogP contribution in [0, 0.1) is 5.92 Å². The third kappa shape index (κ3) is 3.70. The molecule has 1 rings (SSSR count). The Morgan fingerprint density at radius 2 is 2.07 bits per heavy atom. The maximum absolute atomic E-state index is 11.7. The van der Waals surface area contributed by atoms with Crippen LogP contribution in [0.15, 0.2) is 0 Å². The monoisotopic (exact) mass is 215 g/mol. The molecule has 4 nitrogen and oxygen atoms in total. The highest BCUT2D eigenvalue weighted by Crippen LogP contribution is 2.19. The van der Waals surface area contributed by atoms with Crippen LogP contribution < -0.4 is 0 Å². The third-order valence-electron chi connectivity index (χ3n) is 2.51. The van der Waals surface area contributed by atoms with Crippen molar-refractivity contribution in [1.29, 1.82) is 0 Å². The molecule has 0 saturated carbocycles. The van der Waals surface area contributed by atoms with E-state index in [2.05, 4.69) is 0 Å². The molecule has 1 N–H and O–H groups in total. The van der Waals surface area contributed by atoms with Crippen molar-refractivity contribution in [3.63, 3.8) is 0 Å². The molecule has 1 saturated heterocycles. The molecular weight excluding hydrogens is 194 g/mol. The average molecular weight is 215 g/mol. The fourth-order valence-corrected chi connectivity index (χ4v) is 1.63. The number of carbonyl (C=O) groups is 1. The van der Waals surface area contributed by atoms with E-state index in [4.69, 9.17) is 4.74 Å². The van der Waals surface area contributed by atoms with E-state index in [0.717, 1.165) is 0 Å². The van der Waals surface area contributed by atoms with Gasteiger partial charge >= 0.3 is 6.09 Å². The van der Waals surface area contributed by atoms with Gasteiger partial charge in [0, 0.05) is 13.1 Å². The molecule has 2 atom stereocenters. The van der Waals surface area contributed by atoms with Crippen LogP contribution in [0.5, 0.6) is 0 Å². The minimum absolute atomic E-state index is 0.131. The van der Waals surface area contributed by atoms with Gasteiger partial charge in [-0.3, -0.25) is 0 Å². The number of aliphatic hydroxyl groups excluding tert-OH is 1. The summed E-state index contributed by atoms with van der Waals surface area (Å²) in [5, 5.41) is 9.53. The van der Waals surface area contributed by atoms with Crippen LogP contribution in [-0.2, 0) is 4.74 Å². The first-order chi connectivity index (χ1) is 6.79. The summed E-state index contributed by atoms with van der Waals surface area (Å²) in [5.41, 5.74) is -0.448. The number of piperidine rings is 1. The quantitative estimate of drug-likeness (QED) is 0.668. The van der Waals surface area contributed by atoms with E-state index >= 15 is 0 Å². The van der Waals surface area contributed by atoms with Crippen molar-refractivity contribution in [2.45, 2.75) is 45.8 Å². The molecule has 1 unspecified atom stereocenters. The standard InChI is InChI=1S/C11H21NO3/c1-8-7-12(6-5-9(8)13)10(14)15-11(2,3)4/h8-9,13H,5-7H2,1-4H3/t8?,9-/m0/s1. The van der Waals surface area contributed by atoms with E-state index in [1.54, 1.807) is 4.90 Å². The van der Waals surface area contributed by atoms with E-state index in [0.29, 0.717) is 19.5 Å². The number of ether oxygens (including phenoxy) is 1. The lowest BCUT2D eigenvalue weighted by molar-refractivity contribution is -0.00488. The number of amides is 1. The minimum atomic E-state index is -0.448. The third-order valence-corrected chi connectivity index (χ3v) is 2.51. The van der Waals surface area contributed by atoms with Crippen LogP contribution in [0.1, 0.15) is 34.1 Å². The Morgan fingerprint density at radius 1 is 1.47 bits per heavy atom. The van der Waals surface area contributed by atoms with E-state index in [9.17, 15) is 9.90 Å². The second-order valence-corrected chi connectivity index (χ2v) is 5.26. The molecule has 1 aliphatic heterocycles. The van der Waals surface area contributed by atoms with Crippen molar-refractivity contribution in [3.05, 3.63) is 0 Å². The predicted octanol–water partition coefficient (Wildman–Crippen LogP) is 1.62. The van der Waals surface area contributed by atoms with Crippen molar-refractivity contribution in [1.82, 2.24) is 4.90 Å². The molecule has 0 radical (unpaired) electrons. The Bertz CT molecular complexity index is 234. The summed E-state index contributed by atoms with van der Waals surface area (Å²) in [6.07, 6.45) is 0.0744. The lowest BCUT2D eigenvalue weighted by atomic mass is 9.97. The highest BCUT2D eigenvalue weighted by atomic mass is 16.6. The highest BCUT2D eigenvalue weighted by molar-refractivity contribution is 5.68. The van der Waals surface area contributed by atoms with Gasteiger partial charge in [0.05, 0.1) is 6.10 Å². The number of carbonyl (C=O) groups excluding carboxylic acids is 1. The summed E-state index contributed by atoms with van der Waals surface area (Å²) in [5.74, 6) is 0.131. The van der Waals surface area contributed by atoms with Crippen molar-refractivity contribution >= 4 is 6.09 Å². The Hall–Kier alpha value is -0.770. The fraction of sp³-hybridized carbons (Fsp3) is 0.909. The van der Waals surface area contributed by atoms with Gasteiger partial charge in [0.25, 0.3) is 0 Å². The topological polar surface area (TPSA) is 49.8 Å². The molecule has 0 spiro atoms. The van der Waals surface area contributed by atoms with Crippen LogP contribution in [0.25, 0.3) is 0 Å². The number of rotatable bonds is 0. The van der Waals surface area contributed by atoms with Crippen molar-refractivity contribution in [3.8, 4) is 0 Å². The van der Waals surface area contributed by atoms with Crippen LogP contribution >= 0.6 is 0 Å². The Morgan fingerprint density at radius 3 is 2.53 bits per heavy atom. The summed E-state index contributed by atoms with van der Waals surface area (Å²) in [4.78, 5) is 13.4. The number of hydrogen-bond donors (Lipinski definition) is 1. The van der Waals surface area contributed by atoms with Gasteiger partial charge < -0.3 is 14.7 Å². The molecule has 4 heteroatoms. The molecule has 1 heterocycles. The number of hydrogen-bond acceptors (Lipinski definition) is 3. The second-order valence-electron chi connectivity index (χ2n) is 5.26. The number of aliphatic hydroxyl groups is 1. The summed E-state index contributed by atoms with van der Waals surface area (Å²) < 4.78 is 5.27. The van der Waals surface area contributed by atoms with Crippen LogP contribution in [0.2, 0.25) is 0 Å². The smallest absolute Gasteiger partial charge is 0.410 e. The maximum atomic E-state index is 11.7. The second kappa shape index (κ2) is 4.39. The van der Waals surface area contributed by atoms with Crippen molar-refractivity contribution in [2.24, 2.45) is 5.92 Å². The molecule has 88 valence electrons. The van der Waals surface area contributed by atoms with Crippen molar-refractivity contribution < 1.29 is 14.6 Å². The zero-order chi connectivity index (χ0) is 11.6. The number of nitrogens with zero attached hydrogens (tertiary/aromatic N) is 1. The average Bonchev–Trinajstić information content (AvgIpc) is 2.06. The van der Waals surface area contributed by atoms with Crippen LogP contribution in [0.3, 0.4) is 0 Å². The molecule has 0 aromatic heterocycles. The Kier molecular flexibility index (Phi) is 3.60. The van der Waals surface area contributed by atoms with Gasteiger partial charge in [0.15, 0.2) is 0 Å². The number of likely N-dealkylation sites (tertiary alicyclic amines) is 1. The summed E-state index contributed by atoms with van der Waals surface area (Å²) in [6.45, 7) is 8.67. The van der Waals surface area contributed by atoms with Crippen molar-refractivity contribution in [2.75, 3.05) is 13.1 Å². The van der Waals surface area contributed by atoms with Crippen LogP contribution in [-0.4, -0.2) is 40.9 Å². The molecule has 1 aliphatic rings. The zero-order valence-electron chi connectivity index (χ0n) is 9.99. The largest absolute Gasteiger partial charge is 0.444 e. The van der Waals surface area contributed by atoms with Gasteiger partial charge in [0.2, 0.25) is 0 Å². The first-order valence-corrected chi connectivity index (χ1v) is 5.45. The molecule has 0 aliphatic carbocycles. The molecule has 0 bridgehead atoms. The first-order valence-electron chi connectivity index (χ1n) is 5.45. The lowest BCUT2D eigenvalue weighted by Crippen LogP contribution is -2.46. The molecule has 15 heavy (non-hydrogen) atoms. The fourth-order valence-electron chi connectivity index (χ4n) is 1.63. The lowest BCUT2D eigenvalue weighted by Gasteiger charge is -2.35. The van der Waals surface area contributed by atoms with Gasteiger partial charge in [-0.1, -0.05) is 6.92 Å². The summed E-state index contributed by atoms with van der Waals surface area (Å²) in [7, 11) is 0. The van der Waals surface area contributed by atoms with Gasteiger partial charge in [-0.15, -0.1) is 0 Å². The SMILES string of the molecule is CC1CN(C(=O)OC(C)(C)C)CC[C@@H]1O. The van der Waals surface area contributed by atoms with Gasteiger partial charge in [-0.05, 0) is 33.1 Å². The Balaban J connectivity index is 2.48. The normalized spacial score (nSPS) is 27.7. The van der Waals surface area contributed by atoms with Gasteiger partial charge in [0.1, 0.15) is 5.60 Å². The molecule has 0 aromatic rings. The highest BCUT2D eigenvalue weighted by Gasteiger charge is 2.29. The molecule has 1 amide bonds. The van der Waals surface area contributed by atoms with E-state index in [-0.39, 0.29) is 18.1 Å². The summed E-state index contributed by atoms with van der Waals surface area (Å²) in [6, 6.07) is 0. The van der Waals surface area contributed by atoms with Gasteiger partial charge in [-0.25, -0.2) is 4.79 Å². The van der Waals surface area contributed by atoms with Crippen LogP contribution in [0.4, 0.5) is 4.79 Å². The molecular formula is C11H21NO3. The maximum Gasteiger partial charge on any atom is 0.410 e. The van der Waals surface area contributed by atoms with E-state index < -0.39 is 5.60 Å². The van der Waals surface area contributed by atoms with E-state index in [1.807, 2.05) is 27.7 Å². The zero-order valence-corrected chi connectivity index (χ0v) is 9.99. The molecule has 1 fully saturated rings. The first kappa shape index (κ1) is 12.3.